The van der Waals surface area contributed by atoms with E-state index in [4.69, 9.17) is 30.7 Å². The Labute approximate surface area is 167 Å². The molecule has 1 unspecified atom stereocenters. The first kappa shape index (κ1) is 8.45. The molecule has 0 spiro atoms. The van der Waals surface area contributed by atoms with Crippen molar-refractivity contribution in [3.05, 3.63) is 53.4 Å². The van der Waals surface area contributed by atoms with Crippen LogP contribution in [0.25, 0.3) is 0 Å². The van der Waals surface area contributed by atoms with Gasteiger partial charge in [0.15, 0.2) is 11.5 Å². The fraction of sp³-hybridized carbons (Fsp3) is 0.429. The van der Waals surface area contributed by atoms with Gasteiger partial charge in [0, 0.05) is 5.48 Å². The molecule has 0 radical (unpaired) electrons. The number of rotatable bonds is 10. The number of hydrogen-bond donors (Lipinski definition) is 1. The van der Waals surface area contributed by atoms with E-state index in [1.807, 2.05) is 0 Å². The van der Waals surface area contributed by atoms with Crippen molar-refractivity contribution in [2.45, 2.75) is 38.6 Å². The molecule has 0 aliphatic rings. The summed E-state index contributed by atoms with van der Waals surface area (Å²) in [6.07, 6.45) is -10.4. The zero-order valence-electron chi connectivity index (χ0n) is 26.3. The second-order valence-corrected chi connectivity index (χ2v) is 4.89. The molecule has 0 aliphatic carbocycles. The minimum absolute atomic E-state index is 0.0185. The number of benzene rings is 2. The Bertz CT molecular complexity index is 1150. The predicted molar refractivity (Wildman–Crippen MR) is 99.8 cm³/mol. The molecule has 2 rings (SSSR count). The highest BCUT2D eigenvalue weighted by Gasteiger charge is 2.07. The van der Waals surface area contributed by atoms with Crippen LogP contribution in [0.1, 0.15) is 46.7 Å². The standard InChI is InChI=1S/C21H28O4/c1-16-7-6-10-19(13-16)25-15-18(22)9-5-4-8-17-11-12-20(23-2)21(14-17)24-3/h6-7,10-14,18,22H,4-5,8-9,15H2,1-3H3/i4D2,6D,7D,9D2,10D,11D,12D,13D,14D,18D. The van der Waals surface area contributed by atoms with E-state index in [9.17, 15) is 5.11 Å². The maximum Gasteiger partial charge on any atom is 0.160 e. The summed E-state index contributed by atoms with van der Waals surface area (Å²) in [5.41, 5.74) is -0.232. The van der Waals surface area contributed by atoms with Crippen LogP contribution in [0, 0.1) is 6.92 Å². The minimum atomic E-state index is -3.08. The van der Waals surface area contributed by atoms with E-state index >= 15 is 0 Å². The molecule has 2 aromatic rings. The lowest BCUT2D eigenvalue weighted by Crippen LogP contribution is -2.17. The van der Waals surface area contributed by atoms with Gasteiger partial charge in [0.25, 0.3) is 0 Å². The molecule has 0 saturated heterocycles. The summed E-state index contributed by atoms with van der Waals surface area (Å²) in [6, 6.07) is -3.35. The summed E-state index contributed by atoms with van der Waals surface area (Å²) in [6.45, 7) is 0.234. The Kier molecular flexibility index (Phi) is 3.36. The van der Waals surface area contributed by atoms with Gasteiger partial charge in [-0.3, -0.25) is 0 Å². The third kappa shape index (κ3) is 6.31. The van der Waals surface area contributed by atoms with Crippen LogP contribution < -0.4 is 14.2 Å². The molecule has 4 nitrogen and oxygen atoms in total. The number of ether oxygens (including phenoxy) is 3. The third-order valence-corrected chi connectivity index (χ3v) is 3.01. The quantitative estimate of drug-likeness (QED) is 0.694. The molecule has 2 aromatic carbocycles. The zero-order valence-corrected chi connectivity index (χ0v) is 14.3. The normalized spacial score (nSPS) is 21.1. The molecule has 0 aliphatic heterocycles. The molecular weight excluding hydrogens is 316 g/mol. The first-order valence-electron chi connectivity index (χ1n) is 13.5. The third-order valence-electron chi connectivity index (χ3n) is 3.01. The Morgan fingerprint density at radius 3 is 2.72 bits per heavy atom. The maximum absolute atomic E-state index is 10.6. The van der Waals surface area contributed by atoms with E-state index in [1.165, 1.54) is 21.1 Å². The smallest absolute Gasteiger partial charge is 0.160 e. The largest absolute Gasteiger partial charge is 0.493 e. The van der Waals surface area contributed by atoms with Gasteiger partial charge in [-0.2, -0.15) is 0 Å². The van der Waals surface area contributed by atoms with Crippen molar-refractivity contribution in [3.8, 4) is 17.2 Å². The highest BCUT2D eigenvalue weighted by molar-refractivity contribution is 5.42. The molecule has 136 valence electrons. The zero-order chi connectivity index (χ0) is 28.7. The van der Waals surface area contributed by atoms with Crippen molar-refractivity contribution in [2.24, 2.45) is 0 Å². The molecular formula is C21H28O4. The van der Waals surface area contributed by atoms with E-state index in [2.05, 4.69) is 0 Å². The molecule has 1 atom stereocenters. The van der Waals surface area contributed by atoms with Crippen LogP contribution in [0.2, 0.25) is 0 Å². The minimum Gasteiger partial charge on any atom is -0.493 e. The van der Waals surface area contributed by atoms with Gasteiger partial charge in [-0.15, -0.1) is 0 Å². The second kappa shape index (κ2) is 9.94. The monoisotopic (exact) mass is 356 g/mol. The van der Waals surface area contributed by atoms with E-state index in [0.29, 0.717) is 0 Å². The molecule has 0 heterocycles. The van der Waals surface area contributed by atoms with Crippen molar-refractivity contribution in [1.82, 2.24) is 0 Å². The van der Waals surface area contributed by atoms with Crippen molar-refractivity contribution >= 4 is 0 Å². The van der Waals surface area contributed by atoms with Gasteiger partial charge in [-0.25, -0.2) is 0 Å². The summed E-state index contributed by atoms with van der Waals surface area (Å²) >= 11 is 0. The Morgan fingerprint density at radius 2 is 1.96 bits per heavy atom. The Balaban J connectivity index is 2.33. The SMILES string of the molecule is [2H]c1c([2H])c(C)c([2H])c(OCC([2H])(O)C([2H])([2H])CC([2H])([2H])Cc2c([2H])c([2H])c(OC)c(OC)c2[2H])c1[2H]. The Morgan fingerprint density at radius 1 is 1.16 bits per heavy atom. The van der Waals surface area contributed by atoms with Gasteiger partial charge in [-0.1, -0.05) is 24.5 Å². The van der Waals surface area contributed by atoms with Gasteiger partial charge in [0.1, 0.15) is 12.4 Å². The fourth-order valence-electron chi connectivity index (χ4n) is 1.82. The number of hydrogen-bond acceptors (Lipinski definition) is 4. The molecule has 0 aromatic heterocycles. The van der Waals surface area contributed by atoms with Gasteiger partial charge in [0.05, 0.1) is 31.3 Å². The van der Waals surface area contributed by atoms with Gasteiger partial charge < -0.3 is 19.3 Å². The maximum atomic E-state index is 10.6. The lowest BCUT2D eigenvalue weighted by molar-refractivity contribution is 0.0976. The summed E-state index contributed by atoms with van der Waals surface area (Å²) in [4.78, 5) is 0. The molecule has 0 fully saturated rings. The lowest BCUT2D eigenvalue weighted by Gasteiger charge is -2.13. The first-order chi connectivity index (χ1) is 16.8. The lowest BCUT2D eigenvalue weighted by atomic mass is 10.0. The van der Waals surface area contributed by atoms with Gasteiger partial charge in [-0.05, 0) is 61.4 Å². The highest BCUT2D eigenvalue weighted by atomic mass is 16.5. The second-order valence-electron chi connectivity index (χ2n) is 4.89. The molecule has 0 saturated carbocycles. The highest BCUT2D eigenvalue weighted by Crippen LogP contribution is 2.28. The summed E-state index contributed by atoms with van der Waals surface area (Å²) in [7, 11) is 2.43. The van der Waals surface area contributed by atoms with Crippen LogP contribution in [0.3, 0.4) is 0 Å². The van der Waals surface area contributed by atoms with Crippen molar-refractivity contribution in [2.75, 3.05) is 20.8 Å². The molecule has 1 N–H and O–H groups in total. The van der Waals surface area contributed by atoms with E-state index < -0.39 is 80.3 Å². The number of methoxy groups -OCH3 is 2. The fourth-order valence-corrected chi connectivity index (χ4v) is 1.82. The van der Waals surface area contributed by atoms with Crippen molar-refractivity contribution < 1.29 is 35.8 Å². The van der Waals surface area contributed by atoms with Crippen LogP contribution >= 0.6 is 0 Å². The number of aliphatic hydroxyl groups is 1. The van der Waals surface area contributed by atoms with E-state index in [1.54, 1.807) is 0 Å². The van der Waals surface area contributed by atoms with Crippen LogP contribution in [0.15, 0.2) is 42.3 Å². The molecule has 0 amide bonds. The van der Waals surface area contributed by atoms with Crippen LogP contribution in [0.4, 0.5) is 0 Å². The molecule has 25 heavy (non-hydrogen) atoms. The molecule has 0 bridgehead atoms. The van der Waals surface area contributed by atoms with Crippen molar-refractivity contribution in [1.29, 1.82) is 0 Å². The topological polar surface area (TPSA) is 47.9 Å². The average Bonchev–Trinajstić information content (AvgIpc) is 2.80. The van der Waals surface area contributed by atoms with Crippen molar-refractivity contribution in [3.63, 3.8) is 0 Å². The van der Waals surface area contributed by atoms with Gasteiger partial charge in [0.2, 0.25) is 0 Å². The average molecular weight is 357 g/mol. The first-order valence-corrected chi connectivity index (χ1v) is 7.46. The summed E-state index contributed by atoms with van der Waals surface area (Å²) in [5, 5.41) is 10.6. The van der Waals surface area contributed by atoms with Gasteiger partial charge >= 0.3 is 0 Å². The van der Waals surface area contributed by atoms with Crippen LogP contribution in [-0.2, 0) is 6.42 Å². The predicted octanol–water partition coefficient (Wildman–Crippen LogP) is 4.16. The Hall–Kier alpha value is -2.20. The summed E-state index contributed by atoms with van der Waals surface area (Å²) in [5.74, 6) is -0.890. The van der Waals surface area contributed by atoms with Crippen LogP contribution in [0.5, 0.6) is 17.2 Å². The van der Waals surface area contributed by atoms with E-state index in [0.717, 1.165) is 0 Å². The molecule has 4 heteroatoms. The summed E-state index contributed by atoms with van der Waals surface area (Å²) < 4.78 is 112. The van der Waals surface area contributed by atoms with Crippen LogP contribution in [-0.4, -0.2) is 32.0 Å². The van der Waals surface area contributed by atoms with E-state index in [-0.39, 0.29) is 28.7 Å².